The van der Waals surface area contributed by atoms with Crippen LogP contribution in [-0.2, 0) is 14.8 Å². The number of sulfonamides is 1. The largest absolute Gasteiger partial charge is 0.398 e. The smallest absolute Gasteiger partial charge is 0.244 e. The predicted molar refractivity (Wildman–Crippen MR) is 81.6 cm³/mol. The first kappa shape index (κ1) is 17.9. The highest BCUT2D eigenvalue weighted by Gasteiger charge is 2.26. The summed E-state index contributed by atoms with van der Waals surface area (Å²) in [4.78, 5) is 12.6. The Balaban J connectivity index is 3.08. The zero-order chi connectivity index (χ0) is 16.4. The maximum atomic E-state index is 13.8. The maximum absolute atomic E-state index is 13.8. The van der Waals surface area contributed by atoms with Gasteiger partial charge in [0, 0.05) is 23.8 Å². The molecule has 1 unspecified atom stereocenters. The van der Waals surface area contributed by atoms with Crippen LogP contribution in [0.1, 0.15) is 13.8 Å². The number of nitrogen functional groups attached to an aromatic ring is 1. The first-order valence-corrected chi connectivity index (χ1v) is 8.39. The average Bonchev–Trinajstić information content (AvgIpc) is 2.40. The normalized spacial score (nSPS) is 13.0. The summed E-state index contributed by atoms with van der Waals surface area (Å²) in [5, 5.41) is 0. The Hall–Kier alpha value is -1.19. The van der Waals surface area contributed by atoms with Gasteiger partial charge in [0.2, 0.25) is 15.9 Å². The molecule has 0 fully saturated rings. The predicted octanol–water partition coefficient (Wildman–Crippen LogP) is 1.32. The summed E-state index contributed by atoms with van der Waals surface area (Å²) in [6.07, 6.45) is 0. The number of likely N-dealkylation sites (N-methyl/N-ethyl adjacent to an activating group) is 1. The fourth-order valence-electron chi connectivity index (χ4n) is 1.58. The van der Waals surface area contributed by atoms with E-state index in [1.807, 2.05) is 0 Å². The molecule has 0 spiro atoms. The van der Waals surface area contributed by atoms with Crippen molar-refractivity contribution >= 4 is 37.5 Å². The van der Waals surface area contributed by atoms with Gasteiger partial charge in [-0.2, -0.15) is 4.72 Å². The molecule has 0 aliphatic rings. The Bertz CT molecular complexity index is 651. The number of nitrogens with one attached hydrogen (secondary N) is 1. The number of amides is 1. The number of hydrogen-bond donors (Lipinski definition) is 2. The van der Waals surface area contributed by atoms with Crippen molar-refractivity contribution in [3.63, 3.8) is 0 Å². The van der Waals surface area contributed by atoms with Gasteiger partial charge < -0.3 is 10.6 Å². The Morgan fingerprint density at radius 1 is 1.52 bits per heavy atom. The molecule has 1 aromatic rings. The molecule has 0 aliphatic carbocycles. The van der Waals surface area contributed by atoms with Gasteiger partial charge in [-0.25, -0.2) is 12.8 Å². The van der Waals surface area contributed by atoms with Crippen molar-refractivity contribution in [3.8, 4) is 0 Å². The summed E-state index contributed by atoms with van der Waals surface area (Å²) in [5.74, 6) is -1.36. The lowest BCUT2D eigenvalue weighted by Gasteiger charge is -2.20. The van der Waals surface area contributed by atoms with E-state index in [0.717, 1.165) is 12.1 Å². The van der Waals surface area contributed by atoms with Gasteiger partial charge in [-0.05, 0) is 41.9 Å². The molecule has 1 aromatic carbocycles. The summed E-state index contributed by atoms with van der Waals surface area (Å²) in [6.45, 7) is 3.59. The molecule has 1 rings (SSSR count). The minimum absolute atomic E-state index is 0.0847. The zero-order valence-electron chi connectivity index (χ0n) is 11.9. The number of benzene rings is 1. The van der Waals surface area contributed by atoms with E-state index >= 15 is 0 Å². The van der Waals surface area contributed by atoms with Crippen molar-refractivity contribution in [2.24, 2.45) is 0 Å². The van der Waals surface area contributed by atoms with Gasteiger partial charge in [-0.1, -0.05) is 0 Å². The third-order valence-electron chi connectivity index (χ3n) is 2.89. The van der Waals surface area contributed by atoms with E-state index in [1.54, 1.807) is 14.0 Å². The van der Waals surface area contributed by atoms with Crippen LogP contribution in [0.5, 0.6) is 0 Å². The van der Waals surface area contributed by atoms with Crippen LogP contribution in [0.4, 0.5) is 10.1 Å². The van der Waals surface area contributed by atoms with Gasteiger partial charge in [0.05, 0.1) is 6.04 Å². The van der Waals surface area contributed by atoms with Crippen molar-refractivity contribution in [2.75, 3.05) is 19.3 Å². The van der Waals surface area contributed by atoms with Crippen molar-refractivity contribution in [1.82, 2.24) is 9.62 Å². The highest BCUT2D eigenvalue weighted by molar-refractivity contribution is 9.10. The Morgan fingerprint density at radius 3 is 2.62 bits per heavy atom. The average molecular weight is 382 g/mol. The van der Waals surface area contributed by atoms with E-state index in [1.165, 1.54) is 11.8 Å². The molecule has 0 aromatic heterocycles. The molecule has 0 saturated heterocycles. The minimum atomic E-state index is -4.19. The van der Waals surface area contributed by atoms with Crippen molar-refractivity contribution in [2.45, 2.75) is 24.8 Å². The highest BCUT2D eigenvalue weighted by atomic mass is 79.9. The van der Waals surface area contributed by atoms with Crippen LogP contribution in [0, 0.1) is 5.82 Å². The number of rotatable bonds is 5. The number of nitrogens with zero attached hydrogens (tertiary/aromatic N) is 1. The summed E-state index contributed by atoms with van der Waals surface area (Å²) in [7, 11) is -2.64. The van der Waals surface area contributed by atoms with Crippen molar-refractivity contribution in [3.05, 3.63) is 22.4 Å². The molecule has 118 valence electrons. The second kappa shape index (κ2) is 6.71. The van der Waals surface area contributed by atoms with Crippen LogP contribution in [0.25, 0.3) is 0 Å². The Labute approximate surface area is 131 Å². The van der Waals surface area contributed by atoms with Crippen LogP contribution < -0.4 is 10.5 Å². The van der Waals surface area contributed by atoms with Gasteiger partial charge in [0.15, 0.2) is 0 Å². The van der Waals surface area contributed by atoms with Gasteiger partial charge in [0.1, 0.15) is 10.7 Å². The molecule has 0 bridgehead atoms. The van der Waals surface area contributed by atoms with Crippen LogP contribution in [0.2, 0.25) is 0 Å². The SMILES string of the molecule is CCN(C)C(=O)C(C)NS(=O)(=O)c1cc(N)c(Br)cc1F. The number of hydrogen-bond acceptors (Lipinski definition) is 4. The molecule has 1 amide bonds. The third-order valence-corrected chi connectivity index (χ3v) is 5.14. The second-order valence-corrected chi connectivity index (χ2v) is 7.04. The van der Waals surface area contributed by atoms with E-state index in [2.05, 4.69) is 20.7 Å². The molecule has 21 heavy (non-hydrogen) atoms. The van der Waals surface area contributed by atoms with Gasteiger partial charge in [-0.3, -0.25) is 4.79 Å². The van der Waals surface area contributed by atoms with E-state index in [-0.39, 0.29) is 10.2 Å². The molecule has 0 heterocycles. The summed E-state index contributed by atoms with van der Waals surface area (Å²) < 4.78 is 40.5. The minimum Gasteiger partial charge on any atom is -0.398 e. The second-order valence-electron chi connectivity index (χ2n) is 4.50. The fraction of sp³-hybridized carbons (Fsp3) is 0.417. The Morgan fingerprint density at radius 2 is 2.10 bits per heavy atom. The fourth-order valence-corrected chi connectivity index (χ4v) is 3.19. The van der Waals surface area contributed by atoms with E-state index in [9.17, 15) is 17.6 Å². The molecule has 0 aliphatic heterocycles. The van der Waals surface area contributed by atoms with Crippen LogP contribution >= 0.6 is 15.9 Å². The number of carbonyl (C=O) groups is 1. The van der Waals surface area contributed by atoms with Crippen molar-refractivity contribution in [1.29, 1.82) is 0 Å². The first-order chi connectivity index (χ1) is 9.60. The number of anilines is 1. The van der Waals surface area contributed by atoms with Gasteiger partial charge in [-0.15, -0.1) is 0 Å². The lowest BCUT2D eigenvalue weighted by atomic mass is 10.3. The van der Waals surface area contributed by atoms with Crippen molar-refractivity contribution < 1.29 is 17.6 Å². The number of halogens is 2. The Kier molecular flexibility index (Phi) is 5.71. The van der Waals surface area contributed by atoms with Gasteiger partial charge >= 0.3 is 0 Å². The molecule has 0 saturated carbocycles. The molecule has 0 radical (unpaired) electrons. The third kappa shape index (κ3) is 4.14. The van der Waals surface area contributed by atoms with Crippen LogP contribution in [0.3, 0.4) is 0 Å². The molecular formula is C12H17BrFN3O3S. The zero-order valence-corrected chi connectivity index (χ0v) is 14.3. The molecule has 9 heteroatoms. The van der Waals surface area contributed by atoms with E-state index in [0.29, 0.717) is 6.54 Å². The number of carbonyl (C=O) groups excluding carboxylic acids is 1. The quantitative estimate of drug-likeness (QED) is 0.752. The summed E-state index contributed by atoms with van der Waals surface area (Å²) in [6, 6.07) is 0.959. The monoisotopic (exact) mass is 381 g/mol. The number of nitrogens with two attached hydrogens (primary N) is 1. The molecular weight excluding hydrogens is 365 g/mol. The maximum Gasteiger partial charge on any atom is 0.244 e. The standard InChI is InChI=1S/C12H17BrFN3O3S/c1-4-17(3)12(18)7(2)16-21(19,20)11-6-10(15)8(13)5-9(11)14/h5-7,16H,4,15H2,1-3H3. The topological polar surface area (TPSA) is 92.5 Å². The van der Waals surface area contributed by atoms with E-state index in [4.69, 9.17) is 5.73 Å². The van der Waals surface area contributed by atoms with Crippen LogP contribution in [0.15, 0.2) is 21.5 Å². The lowest BCUT2D eigenvalue weighted by molar-refractivity contribution is -0.131. The lowest BCUT2D eigenvalue weighted by Crippen LogP contribution is -2.45. The first-order valence-electron chi connectivity index (χ1n) is 6.12. The summed E-state index contributed by atoms with van der Waals surface area (Å²) >= 11 is 3.01. The highest BCUT2D eigenvalue weighted by Crippen LogP contribution is 2.26. The van der Waals surface area contributed by atoms with Gasteiger partial charge in [0.25, 0.3) is 0 Å². The molecule has 1 atom stereocenters. The summed E-state index contributed by atoms with van der Waals surface area (Å²) in [5.41, 5.74) is 5.65. The molecule has 6 nitrogen and oxygen atoms in total. The van der Waals surface area contributed by atoms with E-state index < -0.39 is 32.7 Å². The van der Waals surface area contributed by atoms with Crippen LogP contribution in [-0.4, -0.2) is 38.9 Å². The molecule has 3 N–H and O–H groups in total.